The molecule has 2 fully saturated rings. The van der Waals surface area contributed by atoms with Crippen molar-refractivity contribution >= 4 is 5.82 Å². The van der Waals surface area contributed by atoms with E-state index in [1.165, 1.54) is 0 Å². The Bertz CT molecular complexity index is 1180. The largest absolute Gasteiger partial charge is 0.507 e. The minimum Gasteiger partial charge on any atom is -0.507 e. The number of aryl methyl sites for hydroxylation is 1. The lowest BCUT2D eigenvalue weighted by Gasteiger charge is -2.47. The molecule has 2 aromatic heterocycles. The van der Waals surface area contributed by atoms with Gasteiger partial charge in [-0.05, 0) is 37.0 Å². The van der Waals surface area contributed by atoms with E-state index in [0.29, 0.717) is 42.0 Å². The van der Waals surface area contributed by atoms with Crippen molar-refractivity contribution in [1.82, 2.24) is 25.3 Å². The zero-order valence-electron chi connectivity index (χ0n) is 18.5. The average molecular weight is 451 g/mol. The number of piperidine rings is 2. The Morgan fingerprint density at radius 2 is 2.09 bits per heavy atom. The molecule has 172 valence electrons. The van der Waals surface area contributed by atoms with Crippen LogP contribution in [0.4, 0.5) is 10.2 Å². The van der Waals surface area contributed by atoms with Crippen LogP contribution in [-0.4, -0.2) is 62.5 Å². The maximum Gasteiger partial charge on any atom is 0.194 e. The summed E-state index contributed by atoms with van der Waals surface area (Å²) in [6, 6.07) is 7.27. The first-order valence-electron chi connectivity index (χ1n) is 11.6. The van der Waals surface area contributed by atoms with Crippen LogP contribution in [0.3, 0.4) is 0 Å². The van der Waals surface area contributed by atoms with E-state index in [9.17, 15) is 5.11 Å². The zero-order chi connectivity index (χ0) is 22.5. The van der Waals surface area contributed by atoms with Gasteiger partial charge < -0.3 is 20.1 Å². The highest BCUT2D eigenvalue weighted by atomic mass is 19.1. The Balaban J connectivity index is 1.29. The lowest BCUT2D eigenvalue weighted by molar-refractivity contribution is 0.100. The van der Waals surface area contributed by atoms with Crippen molar-refractivity contribution in [2.24, 2.45) is 7.05 Å². The smallest absolute Gasteiger partial charge is 0.194 e. The first-order chi connectivity index (χ1) is 16.1. The number of aromatic nitrogens is 4. The highest BCUT2D eigenvalue weighted by Crippen LogP contribution is 2.40. The number of nitrogens with one attached hydrogen (secondary N) is 1. The van der Waals surface area contributed by atoms with Crippen molar-refractivity contribution in [1.29, 1.82) is 0 Å². The minimum absolute atomic E-state index is 0.0868. The Hall–Kier alpha value is -3.20. The van der Waals surface area contributed by atoms with Crippen molar-refractivity contribution < 1.29 is 14.2 Å². The topological polar surface area (TPSA) is 88.3 Å². The summed E-state index contributed by atoms with van der Waals surface area (Å²) in [5, 5.41) is 27.2. The van der Waals surface area contributed by atoms with Gasteiger partial charge in [0.15, 0.2) is 11.6 Å². The molecule has 0 spiro atoms. The molecule has 6 rings (SSSR count). The third kappa shape index (κ3) is 3.60. The number of fused-ring (bicyclic) bond motifs is 3. The molecule has 0 amide bonds. The number of phenols is 1. The summed E-state index contributed by atoms with van der Waals surface area (Å²) >= 11 is 0. The van der Waals surface area contributed by atoms with Gasteiger partial charge in [0.2, 0.25) is 0 Å². The Labute approximate surface area is 191 Å². The van der Waals surface area contributed by atoms with Crippen LogP contribution >= 0.6 is 0 Å². The number of hydrogen-bond donors (Lipinski definition) is 2. The maximum atomic E-state index is 15.3. The number of alkyl halides is 1. The van der Waals surface area contributed by atoms with Crippen LogP contribution in [0.5, 0.6) is 11.5 Å². The second-order valence-corrected chi connectivity index (χ2v) is 9.24. The molecule has 0 saturated carbocycles. The molecule has 4 atom stereocenters. The second-order valence-electron chi connectivity index (χ2n) is 9.24. The normalized spacial score (nSPS) is 26.5. The van der Waals surface area contributed by atoms with Crippen LogP contribution in [0.1, 0.15) is 25.7 Å². The van der Waals surface area contributed by atoms with Gasteiger partial charge in [0.25, 0.3) is 0 Å². The van der Waals surface area contributed by atoms with Crippen LogP contribution in [0, 0.1) is 0 Å². The second kappa shape index (κ2) is 7.98. The third-order valence-corrected chi connectivity index (χ3v) is 7.11. The van der Waals surface area contributed by atoms with Gasteiger partial charge in [-0.25, -0.2) is 4.39 Å². The fraction of sp³-hybridized carbons (Fsp3) is 0.458. The standard InChI is InChI=1S/C24H27FN6O2/c1-30-13-15(12-26-30)14-5-6-17(21(32)9-14)19-11-22-24(29-28-19)31(7-8-33-22)20-10-16-3-2-4-18(27-16)23(20)25/h5-6,9,11-13,16,18,20,23,27,32H,2-4,7-8,10H2,1H3/t16-,18-,20+,23-/m0/s1. The third-order valence-electron chi connectivity index (χ3n) is 7.11. The number of aromatic hydroxyl groups is 1. The van der Waals surface area contributed by atoms with Gasteiger partial charge in [0.1, 0.15) is 24.2 Å². The fourth-order valence-corrected chi connectivity index (χ4v) is 5.47. The van der Waals surface area contributed by atoms with Crippen LogP contribution in [0.2, 0.25) is 0 Å². The Morgan fingerprint density at radius 1 is 1.18 bits per heavy atom. The van der Waals surface area contributed by atoms with Crippen molar-refractivity contribution in [3.63, 3.8) is 0 Å². The molecule has 8 nitrogen and oxygen atoms in total. The molecular weight excluding hydrogens is 423 g/mol. The van der Waals surface area contributed by atoms with Crippen LogP contribution in [-0.2, 0) is 7.05 Å². The maximum absolute atomic E-state index is 15.3. The number of halogens is 1. The molecule has 2 N–H and O–H groups in total. The van der Waals surface area contributed by atoms with E-state index in [4.69, 9.17) is 4.74 Å². The molecule has 3 aliphatic rings. The summed E-state index contributed by atoms with van der Waals surface area (Å²) in [7, 11) is 1.85. The van der Waals surface area contributed by atoms with E-state index >= 15 is 4.39 Å². The van der Waals surface area contributed by atoms with Crippen molar-refractivity contribution in [3.05, 3.63) is 36.7 Å². The number of nitrogens with zero attached hydrogens (tertiary/aromatic N) is 5. The number of phenolic OH excluding ortho intramolecular Hbond substituents is 1. The Kier molecular flexibility index (Phi) is 4.94. The van der Waals surface area contributed by atoms with Gasteiger partial charge >= 0.3 is 0 Å². The minimum atomic E-state index is -0.946. The average Bonchev–Trinajstić information content (AvgIpc) is 3.27. The van der Waals surface area contributed by atoms with Gasteiger partial charge in [-0.15, -0.1) is 10.2 Å². The molecule has 9 heteroatoms. The molecule has 0 radical (unpaired) electrons. The van der Waals surface area contributed by atoms with Crippen LogP contribution in [0.15, 0.2) is 36.7 Å². The molecule has 2 saturated heterocycles. The van der Waals surface area contributed by atoms with Gasteiger partial charge in [-0.3, -0.25) is 4.68 Å². The number of ether oxygens (including phenoxy) is 1. The molecule has 3 aliphatic heterocycles. The number of anilines is 1. The van der Waals surface area contributed by atoms with Crippen molar-refractivity contribution in [2.75, 3.05) is 18.1 Å². The SMILES string of the molecule is Cn1cc(-c2ccc(-c3cc4c(nn3)N([C@@H]3C[C@@H]5CCC[C@H](N5)[C@@H]3F)CCO4)c(O)c2)cn1. The summed E-state index contributed by atoms with van der Waals surface area (Å²) in [4.78, 5) is 2.04. The number of hydrogen-bond acceptors (Lipinski definition) is 7. The molecule has 5 heterocycles. The number of benzene rings is 1. The van der Waals surface area contributed by atoms with Crippen molar-refractivity contribution in [2.45, 2.75) is 50.0 Å². The van der Waals surface area contributed by atoms with Gasteiger partial charge in [0, 0.05) is 42.5 Å². The highest BCUT2D eigenvalue weighted by Gasteiger charge is 2.44. The summed E-state index contributed by atoms with van der Waals surface area (Å²) < 4.78 is 23.0. The van der Waals surface area contributed by atoms with E-state index in [-0.39, 0.29) is 17.8 Å². The number of rotatable bonds is 3. The van der Waals surface area contributed by atoms with E-state index in [1.54, 1.807) is 23.0 Å². The lowest BCUT2D eigenvalue weighted by Crippen LogP contribution is -2.63. The first-order valence-corrected chi connectivity index (χ1v) is 11.6. The molecule has 0 unspecified atom stereocenters. The summed E-state index contributed by atoms with van der Waals surface area (Å²) in [5.74, 6) is 1.27. The van der Waals surface area contributed by atoms with Crippen LogP contribution in [0.25, 0.3) is 22.4 Å². The molecule has 33 heavy (non-hydrogen) atoms. The monoisotopic (exact) mass is 450 g/mol. The van der Waals surface area contributed by atoms with Gasteiger partial charge in [0.05, 0.1) is 18.8 Å². The molecular formula is C24H27FN6O2. The van der Waals surface area contributed by atoms with E-state index in [0.717, 1.165) is 36.8 Å². The van der Waals surface area contributed by atoms with Gasteiger partial charge in [-0.2, -0.15) is 5.10 Å². The fourth-order valence-electron chi connectivity index (χ4n) is 5.47. The summed E-state index contributed by atoms with van der Waals surface area (Å²) in [5.41, 5.74) is 2.87. The predicted molar refractivity (Wildman–Crippen MR) is 122 cm³/mol. The van der Waals surface area contributed by atoms with Gasteiger partial charge in [-0.1, -0.05) is 12.5 Å². The van der Waals surface area contributed by atoms with E-state index in [2.05, 4.69) is 20.6 Å². The molecule has 3 aromatic rings. The lowest BCUT2D eigenvalue weighted by atomic mass is 9.82. The summed E-state index contributed by atoms with van der Waals surface area (Å²) in [6.07, 6.45) is 6.52. The zero-order valence-corrected chi connectivity index (χ0v) is 18.5. The Morgan fingerprint density at radius 3 is 2.91 bits per heavy atom. The van der Waals surface area contributed by atoms with E-state index < -0.39 is 6.17 Å². The highest BCUT2D eigenvalue weighted by molar-refractivity contribution is 5.75. The molecule has 0 aliphatic carbocycles. The molecule has 2 bridgehead atoms. The van der Waals surface area contributed by atoms with Crippen LogP contribution < -0.4 is 15.0 Å². The summed E-state index contributed by atoms with van der Waals surface area (Å²) in [6.45, 7) is 1.06. The quantitative estimate of drug-likeness (QED) is 0.634. The van der Waals surface area contributed by atoms with E-state index in [1.807, 2.05) is 30.3 Å². The van der Waals surface area contributed by atoms with Crippen molar-refractivity contribution in [3.8, 4) is 33.9 Å². The first kappa shape index (κ1) is 20.4. The predicted octanol–water partition coefficient (Wildman–Crippen LogP) is 3.07. The molecule has 1 aromatic carbocycles.